The van der Waals surface area contributed by atoms with Crippen molar-refractivity contribution in [2.45, 2.75) is 0 Å². The normalized spacial score (nSPS) is 10.9. The van der Waals surface area contributed by atoms with Crippen LogP contribution in [0, 0.1) is 0 Å². The Bertz CT molecular complexity index is 441. The molecule has 0 spiro atoms. The van der Waals surface area contributed by atoms with Crippen molar-refractivity contribution in [1.82, 2.24) is 0 Å². The third-order valence-electron chi connectivity index (χ3n) is 1.63. The summed E-state index contributed by atoms with van der Waals surface area (Å²) in [7, 11) is 2.83. The second-order valence-corrected chi connectivity index (χ2v) is 7.42. The number of halogens is 3. The molecule has 17 heavy (non-hydrogen) atoms. The predicted octanol–water partition coefficient (Wildman–Crippen LogP) is 4.27. The number of hydrogen-bond donors (Lipinski definition) is 0. The molecule has 4 radical (unpaired) electrons. The fraction of sp³-hybridized carbons (Fsp3) is 0.250. The first kappa shape index (κ1) is 18.4. The van der Waals surface area contributed by atoms with E-state index in [1.54, 1.807) is 12.1 Å². The summed E-state index contributed by atoms with van der Waals surface area (Å²) in [6.45, 7) is -2.79. The average Bonchev–Trinajstić information content (AvgIpc) is 2.25. The van der Waals surface area contributed by atoms with Crippen LogP contribution in [0.4, 0.5) is 0 Å². The van der Waals surface area contributed by atoms with E-state index in [2.05, 4.69) is 15.9 Å². The van der Waals surface area contributed by atoms with Gasteiger partial charge in [-0.2, -0.15) is 0 Å². The fourth-order valence-corrected chi connectivity index (χ4v) is 2.66. The minimum atomic E-state index is -2.79. The average molecular weight is 485 g/mol. The van der Waals surface area contributed by atoms with Gasteiger partial charge in [0.15, 0.2) is 0 Å². The van der Waals surface area contributed by atoms with Crippen molar-refractivity contribution >= 4 is 81.6 Å². The van der Waals surface area contributed by atoms with Gasteiger partial charge in [0.1, 0.15) is 5.75 Å². The Morgan fingerprint density at radius 1 is 1.18 bits per heavy atom. The maximum absolute atomic E-state index is 5.97. The Labute approximate surface area is 140 Å². The zero-order valence-corrected chi connectivity index (χ0v) is 16.5. The Hall–Kier alpha value is 1.45. The molecule has 0 heterocycles. The molecule has 94 valence electrons. The summed E-state index contributed by atoms with van der Waals surface area (Å²) >= 11 is 20.2. The molecule has 1 aromatic carbocycles. The largest absolute Gasteiger partial charge is 0.422 e. The van der Waals surface area contributed by atoms with Gasteiger partial charge in [0.25, 0.3) is 0 Å². The first-order chi connectivity index (χ1) is 7.41. The summed E-state index contributed by atoms with van der Waals surface area (Å²) < 4.78 is 16.1. The van der Waals surface area contributed by atoms with Crippen LogP contribution in [0.2, 0.25) is 10.0 Å². The van der Waals surface area contributed by atoms with Crippen molar-refractivity contribution in [3.63, 3.8) is 0 Å². The molecule has 9 heteroatoms. The van der Waals surface area contributed by atoms with E-state index in [0.29, 0.717) is 20.3 Å². The van der Waals surface area contributed by atoms with E-state index < -0.39 is 6.72 Å². The molecule has 1 rings (SSSR count). The van der Waals surface area contributed by atoms with Crippen molar-refractivity contribution in [3.05, 3.63) is 26.7 Å². The van der Waals surface area contributed by atoms with E-state index in [-0.39, 0.29) is 23.9 Å². The Morgan fingerprint density at radius 3 is 2.18 bits per heavy atom. The smallest absolute Gasteiger partial charge is 0.380 e. The van der Waals surface area contributed by atoms with Crippen LogP contribution in [0.3, 0.4) is 0 Å². The minimum absolute atomic E-state index is 0. The van der Waals surface area contributed by atoms with Crippen LogP contribution in [-0.2, 0) is 20.9 Å². The SMILES string of the molecule is COP(=S)(OC)Oc1cc(Cl)c(Br)cc1Cl.[Sn]. The first-order valence-electron chi connectivity index (χ1n) is 3.97. The molecule has 0 aliphatic carbocycles. The second kappa shape index (κ2) is 7.90. The fourth-order valence-electron chi connectivity index (χ4n) is 0.844. The molecule has 0 saturated carbocycles. The molecule has 0 fully saturated rings. The van der Waals surface area contributed by atoms with Crippen molar-refractivity contribution in [2.24, 2.45) is 0 Å². The third-order valence-corrected chi connectivity index (χ3v) is 5.56. The van der Waals surface area contributed by atoms with E-state index in [4.69, 9.17) is 48.6 Å². The molecular weight excluding hydrogens is 477 g/mol. The first-order valence-corrected chi connectivity index (χ1v) is 8.08. The zero-order chi connectivity index (χ0) is 12.3. The predicted molar refractivity (Wildman–Crippen MR) is 78.8 cm³/mol. The van der Waals surface area contributed by atoms with Gasteiger partial charge in [-0.3, -0.25) is 0 Å². The maximum atomic E-state index is 5.97. The van der Waals surface area contributed by atoms with Gasteiger partial charge in [-0.25, -0.2) is 0 Å². The number of hydrogen-bond acceptors (Lipinski definition) is 4. The van der Waals surface area contributed by atoms with Gasteiger partial charge in [-0.15, -0.1) is 0 Å². The van der Waals surface area contributed by atoms with Crippen LogP contribution in [0.5, 0.6) is 5.75 Å². The second-order valence-electron chi connectivity index (χ2n) is 2.60. The number of benzene rings is 1. The van der Waals surface area contributed by atoms with Crippen LogP contribution in [0.15, 0.2) is 16.6 Å². The topological polar surface area (TPSA) is 27.7 Å². The molecule has 1 aromatic rings. The Kier molecular flexibility index (Phi) is 8.57. The molecule has 0 aliphatic rings. The molecule has 0 atom stereocenters. The van der Waals surface area contributed by atoms with Gasteiger partial charge in [0.2, 0.25) is 0 Å². The maximum Gasteiger partial charge on any atom is 0.380 e. The van der Waals surface area contributed by atoms with Crippen molar-refractivity contribution in [2.75, 3.05) is 14.2 Å². The third kappa shape index (κ3) is 5.15. The van der Waals surface area contributed by atoms with E-state index >= 15 is 0 Å². The molecule has 0 aliphatic heterocycles. The molecule has 0 aromatic heterocycles. The molecule has 0 bridgehead atoms. The van der Waals surface area contributed by atoms with Gasteiger partial charge in [-0.1, -0.05) is 23.2 Å². The van der Waals surface area contributed by atoms with Crippen LogP contribution >= 0.6 is 45.9 Å². The van der Waals surface area contributed by atoms with Gasteiger partial charge in [-0.05, 0) is 22.0 Å². The summed E-state index contributed by atoms with van der Waals surface area (Å²) in [5.41, 5.74) is 0. The van der Waals surface area contributed by atoms with Gasteiger partial charge in [0.05, 0.1) is 10.0 Å². The van der Waals surface area contributed by atoms with E-state index in [1.165, 1.54) is 14.2 Å². The number of rotatable bonds is 4. The Balaban J connectivity index is 0.00000256. The van der Waals surface area contributed by atoms with E-state index in [9.17, 15) is 0 Å². The van der Waals surface area contributed by atoms with Gasteiger partial charge >= 0.3 is 6.72 Å². The molecule has 0 unspecified atom stereocenters. The van der Waals surface area contributed by atoms with Crippen LogP contribution in [0.1, 0.15) is 0 Å². The molecule has 0 N–H and O–H groups in total. The zero-order valence-electron chi connectivity index (χ0n) is 8.87. The molecular formula is C8H8BrCl2O3PSSn. The summed E-state index contributed by atoms with van der Waals surface area (Å²) in [5.74, 6) is 0.335. The molecule has 3 nitrogen and oxygen atoms in total. The van der Waals surface area contributed by atoms with Gasteiger partial charge in [0, 0.05) is 60.5 Å². The van der Waals surface area contributed by atoms with Crippen molar-refractivity contribution in [1.29, 1.82) is 0 Å². The minimum Gasteiger partial charge on any atom is -0.422 e. The summed E-state index contributed by atoms with van der Waals surface area (Å²) in [5, 5.41) is 0.841. The van der Waals surface area contributed by atoms with Crippen LogP contribution in [0.25, 0.3) is 0 Å². The van der Waals surface area contributed by atoms with Crippen molar-refractivity contribution in [3.8, 4) is 5.75 Å². The Morgan fingerprint density at radius 2 is 1.71 bits per heavy atom. The standard InChI is InChI=1S/C8H8BrCl2O3PS.Sn/c1-12-15(16,13-2)14-8-4-6(10)5(9)3-7(8)11;/h3-4H,1-2H3;. The van der Waals surface area contributed by atoms with Crippen LogP contribution < -0.4 is 4.52 Å². The molecule has 0 amide bonds. The molecule has 0 saturated heterocycles. The summed E-state index contributed by atoms with van der Waals surface area (Å²) in [4.78, 5) is 0. The quantitative estimate of drug-likeness (QED) is 0.362. The van der Waals surface area contributed by atoms with E-state index in [1.807, 2.05) is 0 Å². The van der Waals surface area contributed by atoms with Crippen LogP contribution in [-0.4, -0.2) is 38.1 Å². The van der Waals surface area contributed by atoms with E-state index in [0.717, 1.165) is 0 Å². The monoisotopic (exact) mass is 484 g/mol. The summed E-state index contributed by atoms with van der Waals surface area (Å²) in [6, 6.07) is 3.16. The van der Waals surface area contributed by atoms with Crippen molar-refractivity contribution < 1.29 is 13.6 Å². The summed E-state index contributed by atoms with van der Waals surface area (Å²) in [6.07, 6.45) is 0. The van der Waals surface area contributed by atoms with Gasteiger partial charge < -0.3 is 13.6 Å².